The number of nitrogens with zero attached hydrogens (tertiary/aromatic N) is 1. The lowest BCUT2D eigenvalue weighted by Gasteiger charge is -2.43. The SMILES string of the molecule is CC1CC(C)(C)CC2(C1)NC(=O)N(CC(=O)NC1CCCC1CN)C2=O. The number of imide groups is 1. The molecule has 3 aliphatic rings. The first kappa shape index (κ1) is 19.1. The van der Waals surface area contributed by atoms with Crippen LogP contribution in [0.25, 0.3) is 0 Å². The molecule has 3 fully saturated rings. The predicted octanol–water partition coefficient (Wildman–Crippen LogP) is 1.37. The van der Waals surface area contributed by atoms with Gasteiger partial charge in [-0.2, -0.15) is 0 Å². The van der Waals surface area contributed by atoms with Crippen LogP contribution in [0.15, 0.2) is 0 Å². The average molecular weight is 364 g/mol. The molecule has 1 saturated heterocycles. The second kappa shape index (κ2) is 6.83. The Morgan fingerprint density at radius 1 is 1.31 bits per heavy atom. The Morgan fingerprint density at radius 3 is 2.69 bits per heavy atom. The second-order valence-corrected chi connectivity index (χ2v) is 9.36. The summed E-state index contributed by atoms with van der Waals surface area (Å²) >= 11 is 0. The van der Waals surface area contributed by atoms with Crippen molar-refractivity contribution in [1.29, 1.82) is 0 Å². The molecule has 1 aliphatic heterocycles. The minimum Gasteiger partial charge on any atom is -0.351 e. The van der Waals surface area contributed by atoms with Gasteiger partial charge >= 0.3 is 6.03 Å². The largest absolute Gasteiger partial charge is 0.351 e. The molecule has 1 spiro atoms. The molecule has 26 heavy (non-hydrogen) atoms. The molecule has 4 atom stereocenters. The van der Waals surface area contributed by atoms with E-state index >= 15 is 0 Å². The Hall–Kier alpha value is -1.63. The quantitative estimate of drug-likeness (QED) is 0.655. The Morgan fingerprint density at radius 2 is 2.04 bits per heavy atom. The number of urea groups is 1. The first-order chi connectivity index (χ1) is 12.2. The fourth-order valence-corrected chi connectivity index (χ4v) is 5.55. The Balaban J connectivity index is 1.66. The van der Waals surface area contributed by atoms with Crippen molar-refractivity contribution in [2.45, 2.75) is 70.9 Å². The van der Waals surface area contributed by atoms with Gasteiger partial charge in [0.1, 0.15) is 12.1 Å². The molecule has 7 heteroatoms. The maximum atomic E-state index is 13.1. The van der Waals surface area contributed by atoms with E-state index in [1.807, 2.05) is 0 Å². The Labute approximate surface area is 155 Å². The number of hydrogen-bond acceptors (Lipinski definition) is 4. The lowest BCUT2D eigenvalue weighted by atomic mass is 9.64. The van der Waals surface area contributed by atoms with E-state index in [0.29, 0.717) is 25.3 Å². The predicted molar refractivity (Wildman–Crippen MR) is 98.1 cm³/mol. The van der Waals surface area contributed by atoms with Crippen molar-refractivity contribution in [3.8, 4) is 0 Å². The molecule has 0 bridgehead atoms. The molecule has 4 unspecified atom stereocenters. The summed E-state index contributed by atoms with van der Waals surface area (Å²) in [6.45, 7) is 6.71. The van der Waals surface area contributed by atoms with Crippen LogP contribution in [0.3, 0.4) is 0 Å². The van der Waals surface area contributed by atoms with Crippen LogP contribution < -0.4 is 16.4 Å². The summed E-state index contributed by atoms with van der Waals surface area (Å²) in [6, 6.07) is -0.396. The van der Waals surface area contributed by atoms with Gasteiger partial charge in [-0.3, -0.25) is 14.5 Å². The summed E-state index contributed by atoms with van der Waals surface area (Å²) in [6.07, 6.45) is 5.25. The minimum absolute atomic E-state index is 0.0168. The van der Waals surface area contributed by atoms with Crippen molar-refractivity contribution in [2.75, 3.05) is 13.1 Å². The van der Waals surface area contributed by atoms with Gasteiger partial charge in [0, 0.05) is 6.04 Å². The number of nitrogens with one attached hydrogen (secondary N) is 2. The summed E-state index contributed by atoms with van der Waals surface area (Å²) in [7, 11) is 0. The van der Waals surface area contributed by atoms with Crippen molar-refractivity contribution >= 4 is 17.8 Å². The topological polar surface area (TPSA) is 105 Å². The number of carbonyl (C=O) groups is 3. The molecule has 0 aromatic carbocycles. The molecule has 3 rings (SSSR count). The van der Waals surface area contributed by atoms with Gasteiger partial charge in [0.15, 0.2) is 0 Å². The number of nitrogens with two attached hydrogens (primary N) is 1. The number of rotatable bonds is 4. The van der Waals surface area contributed by atoms with Gasteiger partial charge in [-0.05, 0) is 55.9 Å². The van der Waals surface area contributed by atoms with Gasteiger partial charge in [0.25, 0.3) is 5.91 Å². The molecule has 0 aromatic heterocycles. The molecular weight excluding hydrogens is 332 g/mol. The number of carbonyl (C=O) groups excluding carboxylic acids is 3. The van der Waals surface area contributed by atoms with E-state index in [4.69, 9.17) is 5.73 Å². The summed E-state index contributed by atoms with van der Waals surface area (Å²) in [4.78, 5) is 39.1. The van der Waals surface area contributed by atoms with E-state index in [-0.39, 0.29) is 35.7 Å². The highest BCUT2D eigenvalue weighted by atomic mass is 16.2. The van der Waals surface area contributed by atoms with Crippen LogP contribution >= 0.6 is 0 Å². The third-order valence-electron chi connectivity index (χ3n) is 6.23. The highest BCUT2D eigenvalue weighted by Gasteiger charge is 2.56. The lowest BCUT2D eigenvalue weighted by Crippen LogP contribution is -2.54. The van der Waals surface area contributed by atoms with Gasteiger partial charge < -0.3 is 16.4 Å². The molecular formula is C19H32N4O3. The third kappa shape index (κ3) is 3.59. The molecule has 4 N–H and O–H groups in total. The normalized spacial score (nSPS) is 36.5. The Bertz CT molecular complexity index is 606. The molecule has 0 radical (unpaired) electrons. The van der Waals surface area contributed by atoms with E-state index in [1.54, 1.807) is 0 Å². The van der Waals surface area contributed by atoms with Gasteiger partial charge in [0.2, 0.25) is 5.91 Å². The summed E-state index contributed by atoms with van der Waals surface area (Å²) in [5.41, 5.74) is 4.89. The fraction of sp³-hybridized carbons (Fsp3) is 0.842. The summed E-state index contributed by atoms with van der Waals surface area (Å²) < 4.78 is 0. The zero-order valence-electron chi connectivity index (χ0n) is 16.1. The second-order valence-electron chi connectivity index (χ2n) is 9.36. The van der Waals surface area contributed by atoms with Gasteiger partial charge in [0.05, 0.1) is 0 Å². The highest BCUT2D eigenvalue weighted by molar-refractivity contribution is 6.09. The zero-order chi connectivity index (χ0) is 19.1. The number of hydrogen-bond donors (Lipinski definition) is 3. The van der Waals surface area contributed by atoms with Crippen LogP contribution in [0.4, 0.5) is 4.79 Å². The molecule has 146 valence electrons. The minimum atomic E-state index is -0.855. The molecule has 0 aromatic rings. The van der Waals surface area contributed by atoms with Crippen molar-refractivity contribution < 1.29 is 14.4 Å². The maximum absolute atomic E-state index is 13.1. The van der Waals surface area contributed by atoms with E-state index in [2.05, 4.69) is 31.4 Å². The van der Waals surface area contributed by atoms with Crippen LogP contribution in [0.1, 0.15) is 59.3 Å². The fourth-order valence-electron chi connectivity index (χ4n) is 5.55. The van der Waals surface area contributed by atoms with Crippen LogP contribution in [-0.4, -0.2) is 47.4 Å². The first-order valence-electron chi connectivity index (χ1n) is 9.79. The van der Waals surface area contributed by atoms with Crippen LogP contribution in [0.5, 0.6) is 0 Å². The van der Waals surface area contributed by atoms with E-state index in [9.17, 15) is 14.4 Å². The highest BCUT2D eigenvalue weighted by Crippen LogP contribution is 2.46. The monoisotopic (exact) mass is 364 g/mol. The first-order valence-corrected chi connectivity index (χ1v) is 9.79. The van der Waals surface area contributed by atoms with E-state index in [1.165, 1.54) is 0 Å². The van der Waals surface area contributed by atoms with Crippen LogP contribution in [0, 0.1) is 17.3 Å². The van der Waals surface area contributed by atoms with Crippen molar-refractivity contribution in [3.63, 3.8) is 0 Å². The average Bonchev–Trinajstić information content (AvgIpc) is 3.03. The van der Waals surface area contributed by atoms with Crippen molar-refractivity contribution in [1.82, 2.24) is 15.5 Å². The third-order valence-corrected chi connectivity index (χ3v) is 6.23. The molecule has 7 nitrogen and oxygen atoms in total. The standard InChI is InChI=1S/C19H32N4O3/c1-12-7-18(2,3)11-19(8-12)16(25)23(17(26)22-19)10-15(24)21-14-6-4-5-13(14)9-20/h12-14H,4-11,20H2,1-3H3,(H,21,24)(H,22,26). The van der Waals surface area contributed by atoms with Gasteiger partial charge in [-0.1, -0.05) is 27.2 Å². The van der Waals surface area contributed by atoms with Crippen molar-refractivity contribution in [3.05, 3.63) is 0 Å². The molecule has 2 saturated carbocycles. The molecule has 4 amide bonds. The van der Waals surface area contributed by atoms with Gasteiger partial charge in [-0.25, -0.2) is 4.79 Å². The van der Waals surface area contributed by atoms with Crippen LogP contribution in [0.2, 0.25) is 0 Å². The molecule has 1 heterocycles. The molecule has 2 aliphatic carbocycles. The van der Waals surface area contributed by atoms with E-state index in [0.717, 1.165) is 30.6 Å². The van der Waals surface area contributed by atoms with Crippen molar-refractivity contribution in [2.24, 2.45) is 23.0 Å². The maximum Gasteiger partial charge on any atom is 0.325 e. The number of amides is 4. The smallest absolute Gasteiger partial charge is 0.325 e. The van der Waals surface area contributed by atoms with E-state index < -0.39 is 11.6 Å². The zero-order valence-corrected chi connectivity index (χ0v) is 16.1. The summed E-state index contributed by atoms with van der Waals surface area (Å²) in [5, 5.41) is 5.88. The van der Waals surface area contributed by atoms with Gasteiger partial charge in [-0.15, -0.1) is 0 Å². The summed E-state index contributed by atoms with van der Waals surface area (Å²) in [5.74, 6) is 0.104. The van der Waals surface area contributed by atoms with Crippen LogP contribution in [-0.2, 0) is 9.59 Å². The Kier molecular flexibility index (Phi) is 5.03. The lowest BCUT2D eigenvalue weighted by molar-refractivity contribution is -0.137.